The van der Waals surface area contributed by atoms with E-state index in [2.05, 4.69) is 93.3 Å². The number of benzene rings is 4. The first-order chi connectivity index (χ1) is 21.8. The van der Waals surface area contributed by atoms with Crippen LogP contribution in [0.3, 0.4) is 0 Å². The lowest BCUT2D eigenvalue weighted by molar-refractivity contribution is 0.0990. The number of para-hydroxylation sites is 2. The maximum Gasteiger partial charge on any atom is 0.197 e. The van der Waals surface area contributed by atoms with E-state index in [9.17, 15) is 9.59 Å². The number of anilines is 3. The summed E-state index contributed by atoms with van der Waals surface area (Å²) in [7, 11) is 0. The Morgan fingerprint density at radius 1 is 0.711 bits per heavy atom. The highest BCUT2D eigenvalue weighted by Crippen LogP contribution is 2.52. The van der Waals surface area contributed by atoms with Gasteiger partial charge in [-0.25, -0.2) is 0 Å². The number of hydrogen-bond donors (Lipinski definition) is 0. The van der Waals surface area contributed by atoms with Crippen LogP contribution in [0.15, 0.2) is 89.8 Å². The number of ketones is 2. The van der Waals surface area contributed by atoms with Gasteiger partial charge < -0.3 is 4.90 Å². The van der Waals surface area contributed by atoms with Crippen LogP contribution in [0.2, 0.25) is 0 Å². The molecule has 2 aliphatic rings. The van der Waals surface area contributed by atoms with Crippen LogP contribution < -0.4 is 4.90 Å². The number of rotatable bonds is 8. The van der Waals surface area contributed by atoms with E-state index in [-0.39, 0.29) is 22.6 Å². The van der Waals surface area contributed by atoms with Gasteiger partial charge in [0.1, 0.15) is 0 Å². The van der Waals surface area contributed by atoms with Crippen molar-refractivity contribution >= 4 is 56.1 Å². The lowest BCUT2D eigenvalue weighted by atomic mass is 9.73. The maximum absolute atomic E-state index is 13.7. The topological polar surface area (TPSA) is 37.4 Å². The minimum absolute atomic E-state index is 0.130. The Morgan fingerprint density at radius 3 is 1.96 bits per heavy atom. The van der Waals surface area contributed by atoms with Crippen LogP contribution in [0.4, 0.5) is 17.1 Å². The van der Waals surface area contributed by atoms with E-state index in [1.54, 1.807) is 11.3 Å². The van der Waals surface area contributed by atoms with Gasteiger partial charge in [0.25, 0.3) is 0 Å². The summed E-state index contributed by atoms with van der Waals surface area (Å²) in [6.07, 6.45) is 7.92. The molecule has 0 N–H and O–H groups in total. The second-order valence-electron chi connectivity index (χ2n) is 13.0. The Morgan fingerprint density at radius 2 is 1.31 bits per heavy atom. The fraction of sp³-hybridized carbons (Fsp3) is 0.268. The SMILES string of the molecule is CCCCc1cc(N2c3ccccc3C(C)(C)c3ccccc32)c(CCCC)cc1/C=C1/C(=O)c2cc3ccsc3cc2C1=O. The highest BCUT2D eigenvalue weighted by Gasteiger charge is 2.38. The number of unbranched alkanes of at least 4 members (excludes halogenated alkanes) is 2. The zero-order chi connectivity index (χ0) is 31.3. The first-order valence-corrected chi connectivity index (χ1v) is 17.2. The molecular weight excluding hydrogens is 571 g/mol. The van der Waals surface area contributed by atoms with E-state index < -0.39 is 0 Å². The predicted molar refractivity (Wildman–Crippen MR) is 189 cm³/mol. The number of allylic oxidation sites excluding steroid dienone is 1. The van der Waals surface area contributed by atoms with Crippen molar-refractivity contribution in [3.8, 4) is 0 Å². The number of carbonyl (C=O) groups is 2. The molecule has 0 saturated carbocycles. The van der Waals surface area contributed by atoms with Gasteiger partial charge in [0, 0.05) is 26.9 Å². The van der Waals surface area contributed by atoms with Crippen LogP contribution in [0.25, 0.3) is 16.2 Å². The Labute approximate surface area is 270 Å². The molecule has 5 aromatic rings. The van der Waals surface area contributed by atoms with E-state index in [1.165, 1.54) is 39.3 Å². The second kappa shape index (κ2) is 11.6. The molecule has 4 heteroatoms. The summed E-state index contributed by atoms with van der Waals surface area (Å²) < 4.78 is 1.04. The van der Waals surface area contributed by atoms with Gasteiger partial charge in [-0.15, -0.1) is 11.3 Å². The van der Waals surface area contributed by atoms with E-state index in [1.807, 2.05) is 29.7 Å². The average molecular weight is 610 g/mol. The van der Waals surface area contributed by atoms with Crippen LogP contribution in [0.5, 0.6) is 0 Å². The largest absolute Gasteiger partial charge is 0.310 e. The summed E-state index contributed by atoms with van der Waals surface area (Å²) >= 11 is 1.60. The summed E-state index contributed by atoms with van der Waals surface area (Å²) in [6, 6.07) is 28.0. The summed E-state index contributed by atoms with van der Waals surface area (Å²) in [5.74, 6) is -0.322. The number of Topliss-reactive ketones (excluding diaryl/α,β-unsaturated/α-hetero) is 2. The quantitative estimate of drug-likeness (QED) is 0.130. The zero-order valence-electron chi connectivity index (χ0n) is 26.6. The summed E-state index contributed by atoms with van der Waals surface area (Å²) in [5, 5.41) is 3.02. The molecule has 45 heavy (non-hydrogen) atoms. The lowest BCUT2D eigenvalue weighted by Crippen LogP contribution is -2.31. The van der Waals surface area contributed by atoms with Crippen molar-refractivity contribution in [2.75, 3.05) is 4.90 Å². The van der Waals surface area contributed by atoms with Crippen molar-refractivity contribution in [2.24, 2.45) is 0 Å². The number of aryl methyl sites for hydroxylation is 2. The van der Waals surface area contributed by atoms with Gasteiger partial charge in [-0.05, 0) is 113 Å². The molecular formula is C41H39NO2S. The molecule has 3 nitrogen and oxygen atoms in total. The van der Waals surface area contributed by atoms with Crippen molar-refractivity contribution in [3.63, 3.8) is 0 Å². The fourth-order valence-corrected chi connectivity index (χ4v) is 7.99. The monoisotopic (exact) mass is 609 g/mol. The summed E-state index contributed by atoms with van der Waals surface area (Å²) in [5.41, 5.74) is 10.9. The first kappa shape index (κ1) is 29.4. The van der Waals surface area contributed by atoms with Crippen molar-refractivity contribution in [2.45, 2.75) is 71.6 Å². The molecule has 1 aromatic heterocycles. The molecule has 226 valence electrons. The Kier molecular flexibility index (Phi) is 7.57. The molecule has 1 aliphatic heterocycles. The number of thiophene rings is 1. The van der Waals surface area contributed by atoms with E-state index in [4.69, 9.17) is 0 Å². The molecule has 1 aliphatic carbocycles. The lowest BCUT2D eigenvalue weighted by Gasteiger charge is -2.42. The molecule has 0 amide bonds. The normalized spacial score (nSPS) is 15.9. The summed E-state index contributed by atoms with van der Waals surface area (Å²) in [6.45, 7) is 9.07. The minimum Gasteiger partial charge on any atom is -0.310 e. The van der Waals surface area contributed by atoms with Crippen molar-refractivity contribution in [3.05, 3.63) is 129 Å². The standard InChI is InChI=1S/C41H39NO2S/c1-5-7-13-26-24-37(42-35-17-11-9-15-33(35)41(3,4)34-16-10-12-18-36(34)42)27(14-8-6-2)21-29(26)23-32-39(43)30-22-28-19-20-45-38(28)25-31(30)40(32)44/h9-12,15-25H,5-8,13-14H2,1-4H3/b32-23-. The van der Waals surface area contributed by atoms with Gasteiger partial charge in [0.2, 0.25) is 0 Å². The highest BCUT2D eigenvalue weighted by atomic mass is 32.1. The van der Waals surface area contributed by atoms with Gasteiger partial charge >= 0.3 is 0 Å². The third-order valence-corrected chi connectivity index (χ3v) is 10.6. The Hall–Kier alpha value is -4.28. The molecule has 0 radical (unpaired) electrons. The maximum atomic E-state index is 13.7. The number of carbonyl (C=O) groups excluding carboxylic acids is 2. The molecule has 0 unspecified atom stereocenters. The summed E-state index contributed by atoms with van der Waals surface area (Å²) in [4.78, 5) is 29.9. The van der Waals surface area contributed by atoms with Gasteiger partial charge in [-0.2, -0.15) is 0 Å². The molecule has 0 saturated heterocycles. The van der Waals surface area contributed by atoms with Crippen LogP contribution in [0.1, 0.15) is 102 Å². The predicted octanol–water partition coefficient (Wildman–Crippen LogP) is 11.2. The van der Waals surface area contributed by atoms with Crippen LogP contribution >= 0.6 is 11.3 Å². The van der Waals surface area contributed by atoms with Gasteiger partial charge in [0.05, 0.1) is 16.9 Å². The molecule has 7 rings (SSSR count). The van der Waals surface area contributed by atoms with E-state index in [0.29, 0.717) is 11.1 Å². The molecule has 0 fully saturated rings. The Bertz CT molecular complexity index is 1910. The fourth-order valence-electron chi connectivity index (χ4n) is 7.18. The van der Waals surface area contributed by atoms with Crippen LogP contribution in [0, 0.1) is 0 Å². The zero-order valence-corrected chi connectivity index (χ0v) is 27.4. The molecule has 0 spiro atoms. The van der Waals surface area contributed by atoms with Crippen molar-refractivity contribution in [1.82, 2.24) is 0 Å². The third kappa shape index (κ3) is 4.87. The highest BCUT2D eigenvalue weighted by molar-refractivity contribution is 7.17. The molecule has 0 atom stereocenters. The average Bonchev–Trinajstić information content (AvgIpc) is 3.61. The number of fused-ring (bicyclic) bond motifs is 4. The Balaban J connectivity index is 1.42. The minimum atomic E-state index is -0.162. The molecule has 2 heterocycles. The van der Waals surface area contributed by atoms with Gasteiger partial charge in [-0.3, -0.25) is 9.59 Å². The van der Waals surface area contributed by atoms with E-state index >= 15 is 0 Å². The van der Waals surface area contributed by atoms with Gasteiger partial charge in [-0.1, -0.05) is 76.9 Å². The van der Waals surface area contributed by atoms with E-state index in [0.717, 1.165) is 54.2 Å². The first-order valence-electron chi connectivity index (χ1n) is 16.3. The molecule has 4 aromatic carbocycles. The second-order valence-corrected chi connectivity index (χ2v) is 13.9. The number of hydrogen-bond acceptors (Lipinski definition) is 4. The van der Waals surface area contributed by atoms with Crippen LogP contribution in [-0.4, -0.2) is 11.6 Å². The van der Waals surface area contributed by atoms with Crippen molar-refractivity contribution < 1.29 is 9.59 Å². The van der Waals surface area contributed by atoms with Gasteiger partial charge in [0.15, 0.2) is 11.6 Å². The third-order valence-electron chi connectivity index (χ3n) is 9.69. The molecule has 0 bridgehead atoms. The number of nitrogens with zero attached hydrogens (tertiary/aromatic N) is 1. The smallest absolute Gasteiger partial charge is 0.197 e. The van der Waals surface area contributed by atoms with Crippen molar-refractivity contribution in [1.29, 1.82) is 0 Å². The van der Waals surface area contributed by atoms with Crippen LogP contribution in [-0.2, 0) is 18.3 Å².